The summed E-state index contributed by atoms with van der Waals surface area (Å²) in [5, 5.41) is 5.73. The fourth-order valence-electron chi connectivity index (χ4n) is 2.95. The zero-order valence-electron chi connectivity index (χ0n) is 10.7. The van der Waals surface area contributed by atoms with Crippen LogP contribution in [0.15, 0.2) is 24.4 Å². The predicted octanol–water partition coefficient (Wildman–Crippen LogP) is 4.10. The second-order valence-corrected chi connectivity index (χ2v) is 5.94. The van der Waals surface area contributed by atoms with E-state index < -0.39 is 0 Å². The van der Waals surface area contributed by atoms with Crippen molar-refractivity contribution in [1.82, 2.24) is 10.3 Å². The number of hydrogen-bond acceptors (Lipinski definition) is 1. The fourth-order valence-corrected chi connectivity index (χ4v) is 3.12. The molecule has 3 heteroatoms. The van der Waals surface area contributed by atoms with Gasteiger partial charge in [-0.3, -0.25) is 0 Å². The molecule has 1 heterocycles. The van der Waals surface area contributed by atoms with Crippen LogP contribution in [-0.2, 0) is 6.54 Å². The van der Waals surface area contributed by atoms with E-state index >= 15 is 0 Å². The molecule has 1 aromatic heterocycles. The fraction of sp³-hybridized carbons (Fsp3) is 0.467. The second-order valence-electron chi connectivity index (χ2n) is 5.50. The number of aromatic nitrogens is 1. The Bertz CT molecular complexity index is 546. The van der Waals surface area contributed by atoms with Crippen molar-refractivity contribution < 1.29 is 0 Å². The summed E-state index contributed by atoms with van der Waals surface area (Å²) in [5.41, 5.74) is 2.46. The van der Waals surface area contributed by atoms with Crippen LogP contribution in [0.2, 0.25) is 5.02 Å². The summed E-state index contributed by atoms with van der Waals surface area (Å²) in [6.07, 6.45) is 6.08. The number of halogens is 1. The highest BCUT2D eigenvalue weighted by Gasteiger charge is 2.20. The molecule has 0 radical (unpaired) electrons. The predicted molar refractivity (Wildman–Crippen MR) is 77.0 cm³/mol. The number of H-pyrrole nitrogens is 1. The van der Waals surface area contributed by atoms with Gasteiger partial charge in [0.1, 0.15) is 0 Å². The van der Waals surface area contributed by atoms with Gasteiger partial charge in [0.2, 0.25) is 0 Å². The minimum atomic E-state index is 0.692. The third-order valence-corrected chi connectivity index (χ3v) is 4.24. The van der Waals surface area contributed by atoms with Crippen LogP contribution in [0, 0.1) is 5.92 Å². The highest BCUT2D eigenvalue weighted by Crippen LogP contribution is 2.26. The number of nitrogens with one attached hydrogen (secondary N) is 2. The summed E-state index contributed by atoms with van der Waals surface area (Å²) in [6.45, 7) is 3.29. The largest absolute Gasteiger partial charge is 0.361 e. The standard InChI is InChI=1S/C15H19ClN2/c1-10-2-4-13(6-10)17-8-11-9-18-15-7-12(16)3-5-14(11)15/h3,5,7,9-10,13,17-18H,2,4,6,8H2,1H3. The maximum absolute atomic E-state index is 5.99. The molecular weight excluding hydrogens is 244 g/mol. The number of aromatic amines is 1. The van der Waals surface area contributed by atoms with E-state index in [2.05, 4.69) is 29.5 Å². The van der Waals surface area contributed by atoms with E-state index in [9.17, 15) is 0 Å². The van der Waals surface area contributed by atoms with Gasteiger partial charge in [0.25, 0.3) is 0 Å². The lowest BCUT2D eigenvalue weighted by Crippen LogP contribution is -2.25. The van der Waals surface area contributed by atoms with Gasteiger partial charge in [-0.05, 0) is 42.9 Å². The molecule has 1 fully saturated rings. The van der Waals surface area contributed by atoms with Crippen molar-refractivity contribution >= 4 is 22.5 Å². The molecule has 1 aromatic carbocycles. The highest BCUT2D eigenvalue weighted by atomic mass is 35.5. The molecular formula is C15H19ClN2. The van der Waals surface area contributed by atoms with Gasteiger partial charge in [0, 0.05) is 34.7 Å². The molecule has 0 bridgehead atoms. The Kier molecular flexibility index (Phi) is 3.31. The Balaban J connectivity index is 1.71. The Labute approximate surface area is 113 Å². The molecule has 1 saturated carbocycles. The molecule has 0 amide bonds. The smallest absolute Gasteiger partial charge is 0.0472 e. The van der Waals surface area contributed by atoms with E-state index in [1.54, 1.807) is 0 Å². The van der Waals surface area contributed by atoms with Crippen molar-refractivity contribution in [3.63, 3.8) is 0 Å². The molecule has 18 heavy (non-hydrogen) atoms. The molecule has 96 valence electrons. The van der Waals surface area contributed by atoms with Gasteiger partial charge in [-0.1, -0.05) is 24.6 Å². The van der Waals surface area contributed by atoms with E-state index in [0.717, 1.165) is 23.0 Å². The molecule has 1 aliphatic rings. The SMILES string of the molecule is CC1CCC(NCc2c[nH]c3cc(Cl)ccc23)C1. The Morgan fingerprint density at radius 1 is 1.39 bits per heavy atom. The first kappa shape index (κ1) is 12.1. The van der Waals surface area contributed by atoms with Crippen LogP contribution in [0.1, 0.15) is 31.7 Å². The quantitative estimate of drug-likeness (QED) is 0.856. The number of fused-ring (bicyclic) bond motifs is 1. The van der Waals surface area contributed by atoms with Gasteiger partial charge < -0.3 is 10.3 Å². The van der Waals surface area contributed by atoms with Gasteiger partial charge >= 0.3 is 0 Å². The van der Waals surface area contributed by atoms with Gasteiger partial charge in [-0.25, -0.2) is 0 Å². The van der Waals surface area contributed by atoms with E-state index in [4.69, 9.17) is 11.6 Å². The second kappa shape index (κ2) is 4.94. The monoisotopic (exact) mass is 262 g/mol. The summed E-state index contributed by atoms with van der Waals surface area (Å²) in [6, 6.07) is 6.73. The molecule has 2 unspecified atom stereocenters. The number of benzene rings is 1. The topological polar surface area (TPSA) is 27.8 Å². The van der Waals surface area contributed by atoms with Crippen LogP contribution in [0.4, 0.5) is 0 Å². The van der Waals surface area contributed by atoms with Crippen molar-refractivity contribution in [1.29, 1.82) is 0 Å². The van der Waals surface area contributed by atoms with Crippen molar-refractivity contribution in [3.8, 4) is 0 Å². The van der Waals surface area contributed by atoms with Gasteiger partial charge in [0.05, 0.1) is 0 Å². The average Bonchev–Trinajstić information content (AvgIpc) is 2.92. The molecule has 2 nitrogen and oxygen atoms in total. The van der Waals surface area contributed by atoms with Crippen LogP contribution < -0.4 is 5.32 Å². The molecule has 2 N–H and O–H groups in total. The summed E-state index contributed by atoms with van der Waals surface area (Å²) >= 11 is 5.99. The lowest BCUT2D eigenvalue weighted by Gasteiger charge is -2.11. The number of hydrogen-bond donors (Lipinski definition) is 2. The van der Waals surface area contributed by atoms with E-state index in [-0.39, 0.29) is 0 Å². The lowest BCUT2D eigenvalue weighted by molar-refractivity contribution is 0.503. The Morgan fingerprint density at radius 3 is 3.06 bits per heavy atom. The van der Waals surface area contributed by atoms with Crippen LogP contribution in [-0.4, -0.2) is 11.0 Å². The molecule has 2 aromatic rings. The Morgan fingerprint density at radius 2 is 2.28 bits per heavy atom. The van der Waals surface area contributed by atoms with Crippen LogP contribution in [0.3, 0.4) is 0 Å². The normalized spacial score (nSPS) is 23.9. The molecule has 0 saturated heterocycles. The summed E-state index contributed by atoms with van der Waals surface area (Å²) in [5.74, 6) is 0.879. The van der Waals surface area contributed by atoms with E-state index in [1.807, 2.05) is 12.1 Å². The van der Waals surface area contributed by atoms with E-state index in [0.29, 0.717) is 6.04 Å². The van der Waals surface area contributed by atoms with Crippen LogP contribution in [0.5, 0.6) is 0 Å². The molecule has 0 aliphatic heterocycles. The summed E-state index contributed by atoms with van der Waals surface area (Å²) < 4.78 is 0. The number of rotatable bonds is 3. The molecule has 0 spiro atoms. The van der Waals surface area contributed by atoms with Crippen molar-refractivity contribution in [2.45, 2.75) is 38.8 Å². The summed E-state index contributed by atoms with van der Waals surface area (Å²) in [4.78, 5) is 3.29. The van der Waals surface area contributed by atoms with Gasteiger partial charge in [-0.15, -0.1) is 0 Å². The van der Waals surface area contributed by atoms with E-state index in [1.165, 1.54) is 30.2 Å². The molecule has 2 atom stereocenters. The minimum absolute atomic E-state index is 0.692. The van der Waals surface area contributed by atoms with Crippen LogP contribution in [0.25, 0.3) is 10.9 Å². The lowest BCUT2D eigenvalue weighted by atomic mass is 10.1. The average molecular weight is 263 g/mol. The van der Waals surface area contributed by atoms with Crippen molar-refractivity contribution in [2.75, 3.05) is 0 Å². The first-order chi connectivity index (χ1) is 8.72. The van der Waals surface area contributed by atoms with Crippen molar-refractivity contribution in [3.05, 3.63) is 35.0 Å². The zero-order chi connectivity index (χ0) is 12.5. The van der Waals surface area contributed by atoms with Crippen molar-refractivity contribution in [2.24, 2.45) is 5.92 Å². The highest BCUT2D eigenvalue weighted by molar-refractivity contribution is 6.31. The zero-order valence-corrected chi connectivity index (χ0v) is 11.4. The third-order valence-electron chi connectivity index (χ3n) is 4.01. The molecule has 1 aliphatic carbocycles. The maximum Gasteiger partial charge on any atom is 0.0472 e. The maximum atomic E-state index is 5.99. The van der Waals surface area contributed by atoms with Gasteiger partial charge in [-0.2, -0.15) is 0 Å². The minimum Gasteiger partial charge on any atom is -0.361 e. The Hall–Kier alpha value is -0.990. The summed E-state index contributed by atoms with van der Waals surface area (Å²) in [7, 11) is 0. The first-order valence-electron chi connectivity index (χ1n) is 6.71. The first-order valence-corrected chi connectivity index (χ1v) is 7.09. The third kappa shape index (κ3) is 2.40. The van der Waals surface area contributed by atoms with Gasteiger partial charge in [0.15, 0.2) is 0 Å². The molecule has 3 rings (SSSR count). The van der Waals surface area contributed by atoms with Crippen LogP contribution >= 0.6 is 11.6 Å².